The Morgan fingerprint density at radius 2 is 1.70 bits per heavy atom. The normalized spacial score (nSPS) is 17.9. The van der Waals surface area contributed by atoms with Gasteiger partial charge in [-0.05, 0) is 43.3 Å². The number of amides is 1. The van der Waals surface area contributed by atoms with Crippen molar-refractivity contribution in [1.82, 2.24) is 10.2 Å². The topological polar surface area (TPSA) is 83.5 Å². The molecule has 142 valence electrons. The number of benzene rings is 2. The number of nitrogens with one attached hydrogen (secondary N) is 1. The van der Waals surface area contributed by atoms with Crippen LogP contribution in [0.4, 0.5) is 0 Å². The minimum absolute atomic E-state index is 0. The third-order valence-corrected chi connectivity index (χ3v) is 6.66. The molecule has 0 atom stereocenters. The van der Waals surface area contributed by atoms with E-state index in [0.29, 0.717) is 25.2 Å². The van der Waals surface area contributed by atoms with E-state index in [4.69, 9.17) is 0 Å². The van der Waals surface area contributed by atoms with Crippen molar-refractivity contribution in [2.24, 2.45) is 0 Å². The zero-order valence-corrected chi connectivity index (χ0v) is 16.1. The van der Waals surface area contributed by atoms with E-state index in [1.54, 1.807) is 23.1 Å². The van der Waals surface area contributed by atoms with Gasteiger partial charge in [0.2, 0.25) is 9.84 Å². The smallest absolute Gasteiger partial charge is 0.253 e. The van der Waals surface area contributed by atoms with Gasteiger partial charge in [-0.3, -0.25) is 9.59 Å². The fraction of sp³-hybridized carbons (Fsp3) is 0.263. The van der Waals surface area contributed by atoms with E-state index < -0.39 is 9.84 Å². The highest BCUT2D eigenvalue weighted by Crippen LogP contribution is 2.34. The van der Waals surface area contributed by atoms with Crippen molar-refractivity contribution in [1.29, 1.82) is 0 Å². The average molecular weight is 407 g/mol. The van der Waals surface area contributed by atoms with Crippen LogP contribution in [0.25, 0.3) is 0 Å². The lowest BCUT2D eigenvalue weighted by Gasteiger charge is -2.22. The molecule has 6 nitrogen and oxygen atoms in total. The summed E-state index contributed by atoms with van der Waals surface area (Å²) >= 11 is 0. The van der Waals surface area contributed by atoms with Crippen molar-refractivity contribution >= 4 is 33.9 Å². The molecule has 0 spiro atoms. The molecule has 0 aromatic heterocycles. The molecular weight excluding hydrogens is 388 g/mol. The number of fused-ring (bicyclic) bond motifs is 2. The summed E-state index contributed by atoms with van der Waals surface area (Å²) in [5.41, 5.74) is 0.594. The molecular formula is C19H19ClN2O4S. The lowest BCUT2D eigenvalue weighted by atomic mass is 10.0. The second-order valence-electron chi connectivity index (χ2n) is 6.44. The fourth-order valence-corrected chi connectivity index (χ4v) is 5.13. The number of halogens is 1. The van der Waals surface area contributed by atoms with E-state index in [9.17, 15) is 18.0 Å². The Balaban J connectivity index is 0.00000210. The molecule has 1 N–H and O–H groups in total. The third-order valence-electron chi connectivity index (χ3n) is 4.81. The van der Waals surface area contributed by atoms with Crippen molar-refractivity contribution in [3.8, 4) is 0 Å². The molecule has 2 aliphatic rings. The number of nitrogens with zero attached hydrogens (tertiary/aromatic N) is 1. The van der Waals surface area contributed by atoms with Gasteiger partial charge in [-0.25, -0.2) is 8.42 Å². The van der Waals surface area contributed by atoms with Crippen LogP contribution in [-0.4, -0.2) is 51.2 Å². The summed E-state index contributed by atoms with van der Waals surface area (Å²) in [5, 5.41) is 3.23. The Morgan fingerprint density at radius 1 is 0.963 bits per heavy atom. The van der Waals surface area contributed by atoms with Gasteiger partial charge in [-0.15, -0.1) is 12.4 Å². The molecule has 2 heterocycles. The first-order valence-electron chi connectivity index (χ1n) is 8.53. The number of sulfone groups is 1. The second kappa shape index (κ2) is 7.42. The highest BCUT2D eigenvalue weighted by Gasteiger charge is 2.35. The molecule has 0 saturated carbocycles. The lowest BCUT2D eigenvalue weighted by Crippen LogP contribution is -2.34. The lowest BCUT2D eigenvalue weighted by molar-refractivity contribution is 0.0765. The summed E-state index contributed by atoms with van der Waals surface area (Å²) in [7, 11) is -3.83. The maximum Gasteiger partial charge on any atom is 0.253 e. The first-order valence-corrected chi connectivity index (χ1v) is 10.0. The predicted octanol–water partition coefficient (Wildman–Crippen LogP) is 1.92. The van der Waals surface area contributed by atoms with Gasteiger partial charge in [0.15, 0.2) is 5.78 Å². The van der Waals surface area contributed by atoms with Gasteiger partial charge < -0.3 is 10.2 Å². The molecule has 0 aliphatic carbocycles. The van der Waals surface area contributed by atoms with Gasteiger partial charge in [0.05, 0.1) is 9.79 Å². The molecule has 2 aromatic rings. The monoisotopic (exact) mass is 406 g/mol. The predicted molar refractivity (Wildman–Crippen MR) is 102 cm³/mol. The molecule has 4 rings (SSSR count). The number of carbonyl (C=O) groups excluding carboxylic acids is 2. The SMILES string of the molecule is Cl.O=C1c2ccccc2S(=O)(=O)c2cc(C(=O)N3CCCNCC3)ccc21. The van der Waals surface area contributed by atoms with Gasteiger partial charge in [0, 0.05) is 36.3 Å². The molecule has 1 amide bonds. The Labute approximate surface area is 163 Å². The van der Waals surface area contributed by atoms with Gasteiger partial charge in [0.25, 0.3) is 5.91 Å². The molecule has 1 saturated heterocycles. The standard InChI is InChI=1S/C19H18N2O4S.ClH/c22-18-14-4-1-2-5-16(14)26(24,25)17-12-13(6-7-15(17)18)19(23)21-10-3-8-20-9-11-21;/h1-2,4-7,12,20H,3,8-11H2;1H. The summed E-state index contributed by atoms with van der Waals surface area (Å²) < 4.78 is 25.9. The molecule has 0 radical (unpaired) electrons. The maximum absolute atomic E-state index is 13.0. The number of ketones is 1. The fourth-order valence-electron chi connectivity index (χ4n) is 3.45. The van der Waals surface area contributed by atoms with Crippen molar-refractivity contribution < 1.29 is 18.0 Å². The van der Waals surface area contributed by atoms with E-state index in [1.165, 1.54) is 24.3 Å². The van der Waals surface area contributed by atoms with Crippen LogP contribution < -0.4 is 5.32 Å². The summed E-state index contributed by atoms with van der Waals surface area (Å²) in [6.07, 6.45) is 0.848. The van der Waals surface area contributed by atoms with Crippen LogP contribution >= 0.6 is 12.4 Å². The van der Waals surface area contributed by atoms with Gasteiger partial charge in [-0.1, -0.05) is 12.1 Å². The average Bonchev–Trinajstić information content (AvgIpc) is 2.95. The molecule has 2 aliphatic heterocycles. The van der Waals surface area contributed by atoms with Crippen LogP contribution in [0.5, 0.6) is 0 Å². The molecule has 0 unspecified atom stereocenters. The van der Waals surface area contributed by atoms with Crippen LogP contribution in [0.1, 0.15) is 32.7 Å². The molecule has 27 heavy (non-hydrogen) atoms. The second-order valence-corrected chi connectivity index (χ2v) is 8.32. The van der Waals surface area contributed by atoms with Crippen molar-refractivity contribution in [2.45, 2.75) is 16.2 Å². The van der Waals surface area contributed by atoms with E-state index in [2.05, 4.69) is 5.32 Å². The highest BCUT2D eigenvalue weighted by atomic mass is 35.5. The number of hydrogen-bond donors (Lipinski definition) is 1. The van der Waals surface area contributed by atoms with Gasteiger partial charge >= 0.3 is 0 Å². The maximum atomic E-state index is 13.0. The van der Waals surface area contributed by atoms with E-state index >= 15 is 0 Å². The van der Waals surface area contributed by atoms with Crippen molar-refractivity contribution in [2.75, 3.05) is 26.2 Å². The quantitative estimate of drug-likeness (QED) is 0.667. The first kappa shape index (κ1) is 19.5. The first-order chi connectivity index (χ1) is 12.5. The molecule has 1 fully saturated rings. The molecule has 0 bridgehead atoms. The zero-order valence-electron chi connectivity index (χ0n) is 14.5. The number of carbonyl (C=O) groups is 2. The largest absolute Gasteiger partial charge is 0.337 e. The van der Waals surface area contributed by atoms with Crippen molar-refractivity contribution in [3.63, 3.8) is 0 Å². The Hall–Kier alpha value is -2.22. The summed E-state index contributed by atoms with van der Waals surface area (Å²) in [5.74, 6) is -0.540. The van der Waals surface area contributed by atoms with E-state index in [-0.39, 0.29) is 45.0 Å². The van der Waals surface area contributed by atoms with Gasteiger partial charge in [-0.2, -0.15) is 0 Å². The zero-order chi connectivity index (χ0) is 18.3. The molecule has 8 heteroatoms. The number of rotatable bonds is 1. The van der Waals surface area contributed by atoms with Gasteiger partial charge in [0.1, 0.15) is 0 Å². The van der Waals surface area contributed by atoms with Crippen LogP contribution in [0.15, 0.2) is 52.3 Å². The highest BCUT2D eigenvalue weighted by molar-refractivity contribution is 7.91. The molecule has 2 aromatic carbocycles. The summed E-state index contributed by atoms with van der Waals surface area (Å²) in [6.45, 7) is 2.76. The Morgan fingerprint density at radius 3 is 2.52 bits per heavy atom. The van der Waals surface area contributed by atoms with Crippen molar-refractivity contribution in [3.05, 3.63) is 59.2 Å². The summed E-state index contributed by atoms with van der Waals surface area (Å²) in [6, 6.07) is 10.5. The van der Waals surface area contributed by atoms with Crippen LogP contribution in [0, 0.1) is 0 Å². The van der Waals surface area contributed by atoms with Crippen LogP contribution in [0.3, 0.4) is 0 Å². The van der Waals surface area contributed by atoms with Crippen LogP contribution in [-0.2, 0) is 9.84 Å². The van der Waals surface area contributed by atoms with Crippen LogP contribution in [0.2, 0.25) is 0 Å². The minimum Gasteiger partial charge on any atom is -0.337 e. The minimum atomic E-state index is -3.83. The Bertz CT molecular complexity index is 1010. The van der Waals surface area contributed by atoms with E-state index in [0.717, 1.165) is 13.0 Å². The van der Waals surface area contributed by atoms with E-state index in [1.807, 2.05) is 0 Å². The Kier molecular flexibility index (Phi) is 5.37. The third kappa shape index (κ3) is 3.26. The summed E-state index contributed by atoms with van der Waals surface area (Å²) in [4.78, 5) is 27.1. The number of hydrogen-bond acceptors (Lipinski definition) is 5.